The van der Waals surface area contributed by atoms with Crippen LogP contribution in [-0.2, 0) is 14.3 Å². The van der Waals surface area contributed by atoms with E-state index >= 15 is 0 Å². The van der Waals surface area contributed by atoms with E-state index in [1.165, 1.54) is 14.0 Å². The summed E-state index contributed by atoms with van der Waals surface area (Å²) in [6.45, 7) is 3.48. The molecule has 116 valence electrons. The second-order valence-electron chi connectivity index (χ2n) is 4.96. The molecule has 2 rings (SSSR count). The van der Waals surface area contributed by atoms with Crippen LogP contribution in [-0.4, -0.2) is 29.7 Å². The van der Waals surface area contributed by atoms with Crippen molar-refractivity contribution in [1.82, 2.24) is 4.57 Å². The maximum absolute atomic E-state index is 12.2. The summed E-state index contributed by atoms with van der Waals surface area (Å²) in [6, 6.07) is 13.3. The molecule has 0 aliphatic heterocycles. The zero-order valence-electron chi connectivity index (χ0n) is 12.9. The van der Waals surface area contributed by atoms with Crippen molar-refractivity contribution in [3.05, 3.63) is 59.9 Å². The van der Waals surface area contributed by atoms with Gasteiger partial charge < -0.3 is 14.0 Å². The molecule has 0 spiro atoms. The number of aromatic nitrogens is 1. The molecule has 0 aliphatic rings. The van der Waals surface area contributed by atoms with Crippen LogP contribution in [0.15, 0.2) is 48.7 Å². The first-order valence-corrected chi connectivity index (χ1v) is 7.05. The summed E-state index contributed by atoms with van der Waals surface area (Å²) >= 11 is 0. The summed E-state index contributed by atoms with van der Waals surface area (Å²) in [6.07, 6.45) is 0.879. The first-order valence-electron chi connectivity index (χ1n) is 7.05. The van der Waals surface area contributed by atoms with E-state index in [-0.39, 0.29) is 6.04 Å². The fourth-order valence-corrected chi connectivity index (χ4v) is 2.23. The Bertz CT molecular complexity index is 648. The summed E-state index contributed by atoms with van der Waals surface area (Å²) in [5, 5.41) is 0. The van der Waals surface area contributed by atoms with Crippen molar-refractivity contribution in [1.29, 1.82) is 0 Å². The summed E-state index contributed by atoms with van der Waals surface area (Å²) in [7, 11) is 1.26. The number of benzene rings is 1. The Kier molecular flexibility index (Phi) is 4.99. The zero-order chi connectivity index (χ0) is 16.1. The van der Waals surface area contributed by atoms with Gasteiger partial charge in [-0.2, -0.15) is 0 Å². The first-order chi connectivity index (χ1) is 10.5. The van der Waals surface area contributed by atoms with E-state index in [2.05, 4.69) is 4.74 Å². The maximum Gasteiger partial charge on any atom is 0.355 e. The molecule has 1 aromatic heterocycles. The minimum absolute atomic E-state index is 0.0211. The van der Waals surface area contributed by atoms with Crippen LogP contribution >= 0.6 is 0 Å². The number of methoxy groups -OCH3 is 1. The molecule has 0 amide bonds. The Morgan fingerprint density at radius 3 is 2.36 bits per heavy atom. The normalized spacial score (nSPS) is 13.2. The van der Waals surface area contributed by atoms with Gasteiger partial charge in [-0.1, -0.05) is 30.3 Å². The minimum Gasteiger partial charge on any atom is -0.466 e. The van der Waals surface area contributed by atoms with Crippen molar-refractivity contribution in [2.75, 3.05) is 7.11 Å². The first kappa shape index (κ1) is 15.8. The summed E-state index contributed by atoms with van der Waals surface area (Å²) in [5.41, 5.74) is 1.47. The van der Waals surface area contributed by atoms with Gasteiger partial charge in [0.25, 0.3) is 0 Å². The van der Waals surface area contributed by atoms with E-state index in [0.717, 1.165) is 5.56 Å². The van der Waals surface area contributed by atoms with Gasteiger partial charge in [-0.15, -0.1) is 0 Å². The van der Waals surface area contributed by atoms with Crippen molar-refractivity contribution >= 4 is 11.9 Å². The molecule has 5 heteroatoms. The molecule has 1 aromatic carbocycles. The van der Waals surface area contributed by atoms with Gasteiger partial charge in [0.15, 0.2) is 6.10 Å². The largest absolute Gasteiger partial charge is 0.466 e. The van der Waals surface area contributed by atoms with Crippen molar-refractivity contribution in [2.45, 2.75) is 26.0 Å². The second-order valence-corrected chi connectivity index (χ2v) is 4.96. The lowest BCUT2D eigenvalue weighted by atomic mass is 10.1. The average Bonchev–Trinajstić information content (AvgIpc) is 3.03. The number of nitrogens with zero attached hydrogens (tertiary/aromatic N) is 1. The predicted octanol–water partition coefficient (Wildman–Crippen LogP) is 2.82. The number of hydrogen-bond acceptors (Lipinski definition) is 4. The fourth-order valence-electron chi connectivity index (χ4n) is 2.23. The third-order valence-corrected chi connectivity index (χ3v) is 3.50. The molecule has 0 aliphatic carbocycles. The Hall–Kier alpha value is -2.56. The monoisotopic (exact) mass is 301 g/mol. The SMILES string of the molecule is COC(=O)[C@H](C)OC(=O)c1cccn1[C@H](C)c1ccccc1. The molecule has 2 atom stereocenters. The number of rotatable bonds is 5. The third kappa shape index (κ3) is 3.36. The Morgan fingerprint density at radius 2 is 1.73 bits per heavy atom. The van der Waals surface area contributed by atoms with Gasteiger partial charge in [-0.05, 0) is 31.5 Å². The van der Waals surface area contributed by atoms with E-state index < -0.39 is 18.0 Å². The quantitative estimate of drug-likeness (QED) is 0.797. The zero-order valence-corrected chi connectivity index (χ0v) is 12.9. The molecule has 0 N–H and O–H groups in total. The van der Waals surface area contributed by atoms with Crippen LogP contribution in [0.5, 0.6) is 0 Å². The molecule has 0 saturated heterocycles. The van der Waals surface area contributed by atoms with Crippen LogP contribution in [0, 0.1) is 0 Å². The van der Waals surface area contributed by atoms with Crippen molar-refractivity contribution in [3.63, 3.8) is 0 Å². The molecular weight excluding hydrogens is 282 g/mol. The van der Waals surface area contributed by atoms with E-state index in [4.69, 9.17) is 4.74 Å². The van der Waals surface area contributed by atoms with Gasteiger partial charge in [-0.25, -0.2) is 9.59 Å². The van der Waals surface area contributed by atoms with E-state index in [0.29, 0.717) is 5.69 Å². The van der Waals surface area contributed by atoms with Gasteiger partial charge in [0.1, 0.15) is 5.69 Å². The van der Waals surface area contributed by atoms with Crippen LogP contribution in [0.3, 0.4) is 0 Å². The number of esters is 2. The molecular formula is C17H19NO4. The molecule has 0 radical (unpaired) electrons. The van der Waals surface area contributed by atoms with Crippen LogP contribution in [0.2, 0.25) is 0 Å². The van der Waals surface area contributed by atoms with Crippen LogP contribution in [0.4, 0.5) is 0 Å². The average molecular weight is 301 g/mol. The molecule has 0 unspecified atom stereocenters. The molecule has 0 saturated carbocycles. The highest BCUT2D eigenvalue weighted by atomic mass is 16.6. The van der Waals surface area contributed by atoms with Gasteiger partial charge >= 0.3 is 11.9 Å². The molecule has 0 fully saturated rings. The Labute approximate surface area is 129 Å². The second kappa shape index (κ2) is 6.93. The van der Waals surface area contributed by atoms with Gasteiger partial charge in [0, 0.05) is 6.20 Å². The molecule has 0 bridgehead atoms. The van der Waals surface area contributed by atoms with E-state index in [9.17, 15) is 9.59 Å². The third-order valence-electron chi connectivity index (χ3n) is 3.50. The lowest BCUT2D eigenvalue weighted by Crippen LogP contribution is -2.26. The standard InChI is InChI=1S/C17H19NO4/c1-12(14-8-5-4-6-9-14)18-11-7-10-15(18)17(20)22-13(2)16(19)21-3/h4-13H,1-3H3/t12-,13+/m1/s1. The lowest BCUT2D eigenvalue weighted by molar-refractivity contribution is -0.149. The topological polar surface area (TPSA) is 57.5 Å². The predicted molar refractivity (Wildman–Crippen MR) is 81.6 cm³/mol. The van der Waals surface area contributed by atoms with Crippen LogP contribution in [0.1, 0.15) is 35.9 Å². The highest BCUT2D eigenvalue weighted by molar-refractivity contribution is 5.90. The molecule has 5 nitrogen and oxygen atoms in total. The molecule has 1 heterocycles. The van der Waals surface area contributed by atoms with E-state index in [1.807, 2.05) is 48.0 Å². The number of carbonyl (C=O) groups excluding carboxylic acids is 2. The lowest BCUT2D eigenvalue weighted by Gasteiger charge is -2.18. The van der Waals surface area contributed by atoms with Crippen molar-refractivity contribution in [3.8, 4) is 0 Å². The van der Waals surface area contributed by atoms with Gasteiger partial charge in [-0.3, -0.25) is 0 Å². The van der Waals surface area contributed by atoms with E-state index in [1.54, 1.807) is 12.1 Å². The Morgan fingerprint density at radius 1 is 1.05 bits per heavy atom. The highest BCUT2D eigenvalue weighted by Gasteiger charge is 2.22. The molecule has 22 heavy (non-hydrogen) atoms. The smallest absolute Gasteiger partial charge is 0.355 e. The number of carbonyl (C=O) groups is 2. The molecule has 2 aromatic rings. The fraction of sp³-hybridized carbons (Fsp3) is 0.294. The maximum atomic E-state index is 12.2. The minimum atomic E-state index is -0.937. The van der Waals surface area contributed by atoms with Crippen LogP contribution < -0.4 is 0 Å². The summed E-state index contributed by atoms with van der Waals surface area (Å²) in [5.74, 6) is -1.13. The number of hydrogen-bond donors (Lipinski definition) is 0. The highest BCUT2D eigenvalue weighted by Crippen LogP contribution is 2.21. The summed E-state index contributed by atoms with van der Waals surface area (Å²) in [4.78, 5) is 23.6. The van der Waals surface area contributed by atoms with Gasteiger partial charge in [0.05, 0.1) is 13.2 Å². The Balaban J connectivity index is 2.19. The van der Waals surface area contributed by atoms with Crippen molar-refractivity contribution < 1.29 is 19.1 Å². The van der Waals surface area contributed by atoms with Crippen molar-refractivity contribution in [2.24, 2.45) is 0 Å². The van der Waals surface area contributed by atoms with Crippen LogP contribution in [0.25, 0.3) is 0 Å². The number of ether oxygens (including phenoxy) is 2. The summed E-state index contributed by atoms with van der Waals surface area (Å²) < 4.78 is 11.5. The van der Waals surface area contributed by atoms with Gasteiger partial charge in [0.2, 0.25) is 0 Å².